The summed E-state index contributed by atoms with van der Waals surface area (Å²) in [5.41, 5.74) is 1.36. The normalized spacial score (nSPS) is 12.0. The smallest absolute Gasteiger partial charge is 0.340 e. The maximum Gasteiger partial charge on any atom is 0.340 e. The molecule has 26 heavy (non-hydrogen) atoms. The third-order valence-electron chi connectivity index (χ3n) is 4.18. The summed E-state index contributed by atoms with van der Waals surface area (Å²) >= 11 is 1.31. The number of fused-ring (bicyclic) bond motifs is 1. The van der Waals surface area contributed by atoms with Crippen molar-refractivity contribution in [1.82, 2.24) is 5.32 Å². The van der Waals surface area contributed by atoms with Gasteiger partial charge in [0.05, 0.1) is 19.1 Å². The molecule has 2 aromatic rings. The number of carbonyl (C=O) groups is 2. The summed E-state index contributed by atoms with van der Waals surface area (Å²) in [6.07, 6.45) is 1.51. The molecule has 0 spiro atoms. The minimum absolute atomic E-state index is 0.216. The first-order chi connectivity index (χ1) is 12.3. The van der Waals surface area contributed by atoms with E-state index in [1.807, 2.05) is 0 Å². The van der Waals surface area contributed by atoms with E-state index in [2.05, 4.69) is 5.32 Å². The van der Waals surface area contributed by atoms with Crippen LogP contribution in [0.15, 0.2) is 21.3 Å². The van der Waals surface area contributed by atoms with Gasteiger partial charge in [-0.2, -0.15) is 11.8 Å². The van der Waals surface area contributed by atoms with Crippen LogP contribution in [0, 0.1) is 13.8 Å². The molecule has 1 heterocycles. The molecular formula is C18H21NO6S. The van der Waals surface area contributed by atoms with E-state index in [1.165, 1.54) is 18.9 Å². The van der Waals surface area contributed by atoms with Gasteiger partial charge in [0, 0.05) is 16.7 Å². The molecule has 1 aromatic heterocycles. The number of rotatable bonds is 7. The van der Waals surface area contributed by atoms with Gasteiger partial charge in [0.25, 0.3) is 0 Å². The summed E-state index contributed by atoms with van der Waals surface area (Å²) in [7, 11) is 1.53. The monoisotopic (exact) mass is 379 g/mol. The van der Waals surface area contributed by atoms with Crippen LogP contribution in [0.4, 0.5) is 0 Å². The van der Waals surface area contributed by atoms with Crippen molar-refractivity contribution in [2.24, 2.45) is 0 Å². The first-order valence-electron chi connectivity index (χ1n) is 7.91. The first kappa shape index (κ1) is 19.8. The van der Waals surface area contributed by atoms with E-state index >= 15 is 0 Å². The van der Waals surface area contributed by atoms with Gasteiger partial charge >= 0.3 is 11.6 Å². The van der Waals surface area contributed by atoms with Crippen LogP contribution in [-0.2, 0) is 16.0 Å². The molecule has 0 aliphatic rings. The molecule has 2 N–H and O–H groups in total. The molecule has 0 bridgehead atoms. The second kappa shape index (κ2) is 8.27. The molecule has 1 atom stereocenters. The number of aliphatic carboxylic acids is 1. The van der Waals surface area contributed by atoms with Crippen molar-refractivity contribution in [2.75, 3.05) is 19.1 Å². The molecular weight excluding hydrogens is 358 g/mol. The Hall–Kier alpha value is -2.48. The molecule has 1 amide bonds. The number of amides is 1. The maximum absolute atomic E-state index is 12.4. The number of hydrogen-bond donors (Lipinski definition) is 2. The van der Waals surface area contributed by atoms with E-state index in [-0.39, 0.29) is 17.7 Å². The van der Waals surface area contributed by atoms with Crippen molar-refractivity contribution >= 4 is 34.6 Å². The fraction of sp³-hybridized carbons (Fsp3) is 0.389. The van der Waals surface area contributed by atoms with Crippen LogP contribution in [0.25, 0.3) is 11.0 Å². The number of carbonyl (C=O) groups excluding carboxylic acids is 1. The highest BCUT2D eigenvalue weighted by Gasteiger charge is 2.22. The molecule has 0 saturated heterocycles. The lowest BCUT2D eigenvalue weighted by molar-refractivity contribution is -0.141. The SMILES string of the molecule is COc1ccc2c(C)c(CC(=O)N[C@@H](CSC)C(=O)O)c(=O)oc2c1C. The lowest BCUT2D eigenvalue weighted by Gasteiger charge is -2.14. The molecule has 2 rings (SSSR count). The van der Waals surface area contributed by atoms with Crippen LogP contribution in [-0.4, -0.2) is 42.1 Å². The Morgan fingerprint density at radius 2 is 2.00 bits per heavy atom. The molecule has 140 valence electrons. The number of carboxylic acid groups (broad SMARTS) is 1. The Labute approximate surface area is 154 Å². The average Bonchev–Trinajstić information content (AvgIpc) is 2.59. The highest BCUT2D eigenvalue weighted by atomic mass is 32.2. The Morgan fingerprint density at radius 1 is 1.31 bits per heavy atom. The molecule has 0 aliphatic carbocycles. The third kappa shape index (κ3) is 4.01. The van der Waals surface area contributed by atoms with Crippen molar-refractivity contribution in [3.05, 3.63) is 39.2 Å². The topological polar surface area (TPSA) is 106 Å². The number of ether oxygens (including phenoxy) is 1. The average molecular weight is 379 g/mol. The highest BCUT2D eigenvalue weighted by molar-refractivity contribution is 7.98. The number of thioether (sulfide) groups is 1. The number of methoxy groups -OCH3 is 1. The van der Waals surface area contributed by atoms with E-state index in [1.54, 1.807) is 32.2 Å². The second-order valence-corrected chi connectivity index (χ2v) is 6.76. The number of benzene rings is 1. The fourth-order valence-electron chi connectivity index (χ4n) is 2.74. The predicted molar refractivity (Wildman–Crippen MR) is 100 cm³/mol. The van der Waals surface area contributed by atoms with Gasteiger partial charge in [-0.15, -0.1) is 0 Å². The standard InChI is InChI=1S/C18H21NO6S/c1-9-11-5-6-14(24-3)10(2)16(11)25-18(23)12(9)7-15(20)19-13(8-26-4)17(21)22/h5-6,13H,7-8H2,1-4H3,(H,19,20)(H,21,22)/t13-/m0/s1. The van der Waals surface area contributed by atoms with Crippen LogP contribution < -0.4 is 15.7 Å². The summed E-state index contributed by atoms with van der Waals surface area (Å²) in [5.74, 6) is -0.804. The largest absolute Gasteiger partial charge is 0.496 e. The van der Waals surface area contributed by atoms with Gasteiger partial charge in [-0.1, -0.05) is 0 Å². The van der Waals surface area contributed by atoms with E-state index in [4.69, 9.17) is 14.3 Å². The van der Waals surface area contributed by atoms with E-state index < -0.39 is 23.5 Å². The van der Waals surface area contributed by atoms with Crippen molar-refractivity contribution in [3.8, 4) is 5.75 Å². The molecule has 0 radical (unpaired) electrons. The molecule has 0 aliphatic heterocycles. The van der Waals surface area contributed by atoms with Gasteiger partial charge < -0.3 is 19.6 Å². The van der Waals surface area contributed by atoms with Crippen LogP contribution >= 0.6 is 11.8 Å². The summed E-state index contributed by atoms with van der Waals surface area (Å²) in [4.78, 5) is 35.8. The Kier molecular flexibility index (Phi) is 6.31. The van der Waals surface area contributed by atoms with Gasteiger partial charge in [-0.3, -0.25) is 4.79 Å². The summed E-state index contributed by atoms with van der Waals surface area (Å²) in [6.45, 7) is 3.53. The Balaban J connectivity index is 2.37. The van der Waals surface area contributed by atoms with Crippen LogP contribution in [0.2, 0.25) is 0 Å². The van der Waals surface area contributed by atoms with Gasteiger partial charge in [-0.05, 0) is 37.8 Å². The third-order valence-corrected chi connectivity index (χ3v) is 4.84. The fourth-order valence-corrected chi connectivity index (χ4v) is 3.30. The Morgan fingerprint density at radius 3 is 2.58 bits per heavy atom. The molecule has 7 nitrogen and oxygen atoms in total. The zero-order valence-electron chi connectivity index (χ0n) is 15.0. The lowest BCUT2D eigenvalue weighted by Crippen LogP contribution is -2.43. The number of aryl methyl sites for hydroxylation is 2. The molecule has 1 aromatic carbocycles. The van der Waals surface area contributed by atoms with Crippen LogP contribution in [0.1, 0.15) is 16.7 Å². The van der Waals surface area contributed by atoms with E-state index in [9.17, 15) is 14.4 Å². The quantitative estimate of drug-likeness (QED) is 0.708. The van der Waals surface area contributed by atoms with Crippen molar-refractivity contribution in [3.63, 3.8) is 0 Å². The molecule has 8 heteroatoms. The number of nitrogens with one attached hydrogen (secondary N) is 1. The zero-order valence-corrected chi connectivity index (χ0v) is 15.9. The second-order valence-electron chi connectivity index (χ2n) is 5.85. The van der Waals surface area contributed by atoms with Crippen molar-refractivity contribution in [1.29, 1.82) is 0 Å². The Bertz CT molecular complexity index is 905. The van der Waals surface area contributed by atoms with Gasteiger partial charge in [-0.25, -0.2) is 9.59 Å². The first-order valence-corrected chi connectivity index (χ1v) is 9.30. The zero-order chi connectivity index (χ0) is 19.4. The number of hydrogen-bond acceptors (Lipinski definition) is 6. The van der Waals surface area contributed by atoms with Crippen LogP contribution in [0.3, 0.4) is 0 Å². The summed E-state index contributed by atoms with van der Waals surface area (Å²) in [5, 5.41) is 12.3. The minimum Gasteiger partial charge on any atom is -0.496 e. The minimum atomic E-state index is -1.11. The van der Waals surface area contributed by atoms with Gasteiger partial charge in [0.2, 0.25) is 5.91 Å². The van der Waals surface area contributed by atoms with Gasteiger partial charge in [0.15, 0.2) is 0 Å². The number of carboxylic acids is 1. The predicted octanol–water partition coefficient (Wildman–Crippen LogP) is 1.89. The van der Waals surface area contributed by atoms with Crippen molar-refractivity contribution in [2.45, 2.75) is 26.3 Å². The molecule has 0 unspecified atom stereocenters. The van der Waals surface area contributed by atoms with E-state index in [0.29, 0.717) is 27.8 Å². The lowest BCUT2D eigenvalue weighted by atomic mass is 10.0. The molecule has 0 saturated carbocycles. The summed E-state index contributed by atoms with van der Waals surface area (Å²) < 4.78 is 10.6. The molecule has 0 fully saturated rings. The van der Waals surface area contributed by atoms with Crippen LogP contribution in [0.5, 0.6) is 5.75 Å². The maximum atomic E-state index is 12.4. The van der Waals surface area contributed by atoms with Crippen molar-refractivity contribution < 1.29 is 23.8 Å². The van der Waals surface area contributed by atoms with Gasteiger partial charge in [0.1, 0.15) is 17.4 Å². The highest BCUT2D eigenvalue weighted by Crippen LogP contribution is 2.29. The summed E-state index contributed by atoms with van der Waals surface area (Å²) in [6, 6.07) is 2.54. The van der Waals surface area contributed by atoms with E-state index in [0.717, 1.165) is 0 Å².